The van der Waals surface area contributed by atoms with Crippen LogP contribution < -0.4 is 5.32 Å². The Morgan fingerprint density at radius 2 is 1.94 bits per heavy atom. The summed E-state index contributed by atoms with van der Waals surface area (Å²) < 4.78 is 0. The monoisotopic (exact) mass is 216 g/mol. The summed E-state index contributed by atoms with van der Waals surface area (Å²) in [6.07, 6.45) is 0. The summed E-state index contributed by atoms with van der Waals surface area (Å²) in [4.78, 5) is 12.9. The molecule has 16 heavy (non-hydrogen) atoms. The maximum atomic E-state index is 11.5. The Bertz CT molecular complexity index is 504. The Hall–Kier alpha value is -2.17. The van der Waals surface area contributed by atoms with E-state index >= 15 is 0 Å². The molecule has 0 atom stereocenters. The van der Waals surface area contributed by atoms with Crippen molar-refractivity contribution in [2.75, 3.05) is 7.05 Å². The molecule has 0 radical (unpaired) electrons. The third-order valence-corrected chi connectivity index (χ3v) is 2.21. The molecule has 0 aliphatic rings. The number of aryl methyl sites for hydroxylation is 1. The minimum Gasteiger partial charge on any atom is -0.354 e. The van der Waals surface area contributed by atoms with Crippen LogP contribution >= 0.6 is 0 Å². The van der Waals surface area contributed by atoms with Crippen LogP contribution in [-0.4, -0.2) is 27.9 Å². The summed E-state index contributed by atoms with van der Waals surface area (Å²) in [5, 5.41) is 10.9. The van der Waals surface area contributed by atoms with Crippen LogP contribution in [0.25, 0.3) is 5.69 Å². The third kappa shape index (κ3) is 1.79. The zero-order valence-corrected chi connectivity index (χ0v) is 9.14. The Kier molecular flexibility index (Phi) is 2.68. The molecule has 82 valence electrons. The van der Waals surface area contributed by atoms with Crippen molar-refractivity contribution in [1.29, 1.82) is 0 Å². The number of nitrogens with one attached hydrogen (secondary N) is 1. The number of para-hydroxylation sites is 1. The topological polar surface area (TPSA) is 59.8 Å². The van der Waals surface area contributed by atoms with E-state index in [-0.39, 0.29) is 5.91 Å². The molecular weight excluding hydrogens is 204 g/mol. The molecule has 1 aromatic carbocycles. The van der Waals surface area contributed by atoms with Gasteiger partial charge in [0.25, 0.3) is 5.91 Å². The Morgan fingerprint density at radius 3 is 2.56 bits per heavy atom. The standard InChI is InChI=1S/C11H12N4O/c1-8-10(11(16)12-2)14-15(13-8)9-6-4-3-5-7-9/h3-7H,1-2H3,(H,12,16). The van der Waals surface area contributed by atoms with Gasteiger partial charge in [-0.15, -0.1) is 5.10 Å². The van der Waals surface area contributed by atoms with Crippen molar-refractivity contribution in [1.82, 2.24) is 20.3 Å². The number of aromatic nitrogens is 3. The lowest BCUT2D eigenvalue weighted by Gasteiger charge is -1.97. The average molecular weight is 216 g/mol. The van der Waals surface area contributed by atoms with Crippen LogP contribution in [0.1, 0.15) is 16.2 Å². The van der Waals surface area contributed by atoms with Gasteiger partial charge in [-0.1, -0.05) is 18.2 Å². The van der Waals surface area contributed by atoms with Crippen LogP contribution in [0.15, 0.2) is 30.3 Å². The van der Waals surface area contributed by atoms with Crippen LogP contribution in [0, 0.1) is 6.92 Å². The maximum absolute atomic E-state index is 11.5. The summed E-state index contributed by atoms with van der Waals surface area (Å²) >= 11 is 0. The summed E-state index contributed by atoms with van der Waals surface area (Å²) in [5.41, 5.74) is 1.80. The first kappa shape index (κ1) is 10.4. The highest BCUT2D eigenvalue weighted by Crippen LogP contribution is 2.07. The summed E-state index contributed by atoms with van der Waals surface area (Å²) in [6.45, 7) is 1.76. The number of nitrogens with zero attached hydrogens (tertiary/aromatic N) is 3. The molecule has 1 amide bonds. The van der Waals surface area contributed by atoms with Crippen molar-refractivity contribution < 1.29 is 4.79 Å². The van der Waals surface area contributed by atoms with Crippen molar-refractivity contribution >= 4 is 5.91 Å². The smallest absolute Gasteiger partial charge is 0.273 e. The van der Waals surface area contributed by atoms with Gasteiger partial charge in [0.2, 0.25) is 0 Å². The maximum Gasteiger partial charge on any atom is 0.273 e. The molecular formula is C11H12N4O. The number of hydrogen-bond donors (Lipinski definition) is 1. The van der Waals surface area contributed by atoms with Gasteiger partial charge in [-0.3, -0.25) is 4.79 Å². The predicted octanol–water partition coefficient (Wildman–Crippen LogP) is 0.935. The minimum absolute atomic E-state index is 0.223. The molecule has 1 aromatic heterocycles. The first-order valence-electron chi connectivity index (χ1n) is 4.94. The van der Waals surface area contributed by atoms with Crippen LogP contribution in [-0.2, 0) is 0 Å². The van der Waals surface area contributed by atoms with Crippen LogP contribution in [0.4, 0.5) is 0 Å². The minimum atomic E-state index is -0.223. The first-order chi connectivity index (χ1) is 7.72. The number of rotatable bonds is 2. The van der Waals surface area contributed by atoms with Crippen molar-refractivity contribution in [3.8, 4) is 5.69 Å². The fraction of sp³-hybridized carbons (Fsp3) is 0.182. The van der Waals surface area contributed by atoms with Gasteiger partial charge in [-0.05, 0) is 19.1 Å². The van der Waals surface area contributed by atoms with E-state index in [0.29, 0.717) is 11.4 Å². The van der Waals surface area contributed by atoms with E-state index in [1.165, 1.54) is 4.80 Å². The summed E-state index contributed by atoms with van der Waals surface area (Å²) in [7, 11) is 1.57. The number of carbonyl (C=O) groups is 1. The van der Waals surface area contributed by atoms with Gasteiger partial charge in [0.1, 0.15) is 0 Å². The van der Waals surface area contributed by atoms with Gasteiger partial charge < -0.3 is 5.32 Å². The van der Waals surface area contributed by atoms with E-state index in [4.69, 9.17) is 0 Å². The van der Waals surface area contributed by atoms with Crippen LogP contribution in [0.5, 0.6) is 0 Å². The van der Waals surface area contributed by atoms with Crippen LogP contribution in [0.2, 0.25) is 0 Å². The number of amides is 1. The molecule has 0 aliphatic heterocycles. The molecule has 0 saturated carbocycles. The Balaban J connectivity index is 2.42. The quantitative estimate of drug-likeness (QED) is 0.812. The zero-order valence-electron chi connectivity index (χ0n) is 9.14. The number of hydrogen-bond acceptors (Lipinski definition) is 3. The third-order valence-electron chi connectivity index (χ3n) is 2.21. The molecule has 0 saturated heterocycles. The second-order valence-corrected chi connectivity index (χ2v) is 3.34. The zero-order chi connectivity index (χ0) is 11.5. The SMILES string of the molecule is CNC(=O)c1nn(-c2ccccc2)nc1C. The van der Waals surface area contributed by atoms with Crippen molar-refractivity contribution in [3.05, 3.63) is 41.7 Å². The highest BCUT2D eigenvalue weighted by molar-refractivity contribution is 5.92. The van der Waals surface area contributed by atoms with Gasteiger partial charge in [0, 0.05) is 7.05 Å². The fourth-order valence-electron chi connectivity index (χ4n) is 1.38. The summed E-state index contributed by atoms with van der Waals surface area (Å²) in [6, 6.07) is 9.47. The van der Waals surface area contributed by atoms with Gasteiger partial charge in [-0.2, -0.15) is 9.90 Å². The normalized spacial score (nSPS) is 10.1. The molecule has 2 aromatic rings. The second-order valence-electron chi connectivity index (χ2n) is 3.34. The lowest BCUT2D eigenvalue weighted by Crippen LogP contribution is -2.19. The lowest BCUT2D eigenvalue weighted by atomic mass is 10.3. The predicted molar refractivity (Wildman–Crippen MR) is 59.5 cm³/mol. The summed E-state index contributed by atoms with van der Waals surface area (Å²) in [5.74, 6) is -0.223. The average Bonchev–Trinajstić information content (AvgIpc) is 2.71. The van der Waals surface area contributed by atoms with Crippen LogP contribution in [0.3, 0.4) is 0 Å². The molecule has 0 fully saturated rings. The van der Waals surface area contributed by atoms with Gasteiger partial charge >= 0.3 is 0 Å². The van der Waals surface area contributed by atoms with Crippen molar-refractivity contribution in [3.63, 3.8) is 0 Å². The molecule has 2 rings (SSSR count). The molecule has 0 unspecified atom stereocenters. The van der Waals surface area contributed by atoms with E-state index in [9.17, 15) is 4.79 Å². The second kappa shape index (κ2) is 4.14. The Morgan fingerprint density at radius 1 is 1.25 bits per heavy atom. The highest BCUT2D eigenvalue weighted by atomic mass is 16.1. The van der Waals surface area contributed by atoms with Gasteiger partial charge in [0.15, 0.2) is 5.69 Å². The molecule has 0 bridgehead atoms. The molecule has 0 spiro atoms. The van der Waals surface area contributed by atoms with E-state index in [1.54, 1.807) is 14.0 Å². The molecule has 1 N–H and O–H groups in total. The fourth-order valence-corrected chi connectivity index (χ4v) is 1.38. The molecule has 1 heterocycles. The Labute approximate surface area is 93.1 Å². The van der Waals surface area contributed by atoms with Gasteiger partial charge in [-0.25, -0.2) is 0 Å². The van der Waals surface area contributed by atoms with E-state index in [1.807, 2.05) is 30.3 Å². The van der Waals surface area contributed by atoms with Gasteiger partial charge in [0.05, 0.1) is 11.4 Å². The highest BCUT2D eigenvalue weighted by Gasteiger charge is 2.14. The molecule has 5 heteroatoms. The molecule has 0 aliphatic carbocycles. The number of carbonyl (C=O) groups excluding carboxylic acids is 1. The number of benzene rings is 1. The lowest BCUT2D eigenvalue weighted by molar-refractivity contribution is 0.0957. The van der Waals surface area contributed by atoms with Crippen molar-refractivity contribution in [2.45, 2.75) is 6.92 Å². The van der Waals surface area contributed by atoms with E-state index < -0.39 is 0 Å². The van der Waals surface area contributed by atoms with Crippen molar-refractivity contribution in [2.24, 2.45) is 0 Å². The van der Waals surface area contributed by atoms with E-state index in [2.05, 4.69) is 15.5 Å². The van der Waals surface area contributed by atoms with E-state index in [0.717, 1.165) is 5.69 Å². The molecule has 5 nitrogen and oxygen atoms in total. The largest absolute Gasteiger partial charge is 0.354 e. The first-order valence-corrected chi connectivity index (χ1v) is 4.94.